The number of hydrogen-bond acceptors (Lipinski definition) is 3. The van der Waals surface area contributed by atoms with Gasteiger partial charge in [0, 0.05) is 18.1 Å². The molecule has 2 aromatic rings. The molecule has 4 nitrogen and oxygen atoms in total. The molecule has 0 radical (unpaired) electrons. The van der Waals surface area contributed by atoms with E-state index in [0.29, 0.717) is 21.4 Å². The zero-order valence-electron chi connectivity index (χ0n) is 13.3. The normalized spacial score (nSPS) is 15.0. The average molecular weight is 364 g/mol. The molecule has 1 N–H and O–H groups in total. The molecular weight excluding hydrogens is 345 g/mol. The molecule has 24 heavy (non-hydrogen) atoms. The first-order valence-electron chi connectivity index (χ1n) is 8.11. The molecular formula is C18H19Cl2N3O. The Hall–Kier alpha value is -1.78. The molecule has 0 aliphatic carbocycles. The smallest absolute Gasteiger partial charge is 0.274 e. The molecule has 6 heteroatoms. The van der Waals surface area contributed by atoms with Crippen LogP contribution < -0.4 is 10.2 Å². The van der Waals surface area contributed by atoms with E-state index in [1.165, 1.54) is 25.7 Å². The molecule has 3 rings (SSSR count). The highest BCUT2D eigenvalue weighted by atomic mass is 35.5. The van der Waals surface area contributed by atoms with Crippen LogP contribution >= 0.6 is 23.2 Å². The number of amides is 1. The van der Waals surface area contributed by atoms with Crippen molar-refractivity contribution in [2.75, 3.05) is 23.3 Å². The number of rotatable bonds is 3. The molecule has 2 heterocycles. The molecule has 1 saturated heterocycles. The third kappa shape index (κ3) is 4.19. The first-order chi connectivity index (χ1) is 11.6. The number of pyridine rings is 1. The quantitative estimate of drug-likeness (QED) is 0.832. The van der Waals surface area contributed by atoms with Gasteiger partial charge in [0.05, 0.1) is 22.6 Å². The van der Waals surface area contributed by atoms with E-state index in [9.17, 15) is 4.79 Å². The van der Waals surface area contributed by atoms with Crippen LogP contribution in [0.25, 0.3) is 0 Å². The number of aromatic nitrogens is 1. The Bertz CT molecular complexity index is 711. The second-order valence-electron chi connectivity index (χ2n) is 5.88. The van der Waals surface area contributed by atoms with Gasteiger partial charge in [-0.15, -0.1) is 0 Å². The predicted molar refractivity (Wildman–Crippen MR) is 99.3 cm³/mol. The summed E-state index contributed by atoms with van der Waals surface area (Å²) in [6.07, 6.45) is 6.75. The van der Waals surface area contributed by atoms with Gasteiger partial charge in [-0.1, -0.05) is 36.0 Å². The molecule has 0 unspecified atom stereocenters. The van der Waals surface area contributed by atoms with Crippen LogP contribution in [0.5, 0.6) is 0 Å². The van der Waals surface area contributed by atoms with Crippen molar-refractivity contribution in [1.82, 2.24) is 4.98 Å². The molecule has 0 atom stereocenters. The molecule has 1 fully saturated rings. The van der Waals surface area contributed by atoms with Crippen LogP contribution in [0.3, 0.4) is 0 Å². The first kappa shape index (κ1) is 17.1. The molecule has 1 aromatic carbocycles. The minimum absolute atomic E-state index is 0.290. The highest BCUT2D eigenvalue weighted by Gasteiger charge is 2.13. The van der Waals surface area contributed by atoms with Crippen LogP contribution in [0.2, 0.25) is 10.0 Å². The fourth-order valence-electron chi connectivity index (χ4n) is 2.81. The van der Waals surface area contributed by atoms with Gasteiger partial charge >= 0.3 is 0 Å². The van der Waals surface area contributed by atoms with E-state index in [2.05, 4.69) is 15.2 Å². The van der Waals surface area contributed by atoms with Gasteiger partial charge in [-0.25, -0.2) is 4.98 Å². The van der Waals surface area contributed by atoms with Gasteiger partial charge in [0.1, 0.15) is 5.69 Å². The molecule has 1 aliphatic heterocycles. The predicted octanol–water partition coefficient (Wildman–Crippen LogP) is 5.02. The van der Waals surface area contributed by atoms with Gasteiger partial charge in [0.2, 0.25) is 0 Å². The summed E-state index contributed by atoms with van der Waals surface area (Å²) in [5, 5.41) is 3.68. The van der Waals surface area contributed by atoms with Crippen LogP contribution in [0.15, 0.2) is 36.5 Å². The second kappa shape index (κ2) is 7.86. The lowest BCUT2D eigenvalue weighted by Gasteiger charge is -2.22. The van der Waals surface area contributed by atoms with E-state index in [0.717, 1.165) is 18.8 Å². The Morgan fingerprint density at radius 3 is 2.42 bits per heavy atom. The molecule has 1 amide bonds. The fraction of sp³-hybridized carbons (Fsp3) is 0.333. The number of carbonyl (C=O) groups excluding carboxylic acids is 1. The van der Waals surface area contributed by atoms with Gasteiger partial charge in [0.25, 0.3) is 5.91 Å². The second-order valence-corrected chi connectivity index (χ2v) is 6.72. The van der Waals surface area contributed by atoms with Crippen molar-refractivity contribution in [2.24, 2.45) is 0 Å². The van der Waals surface area contributed by atoms with Crippen LogP contribution in [0.4, 0.5) is 11.4 Å². The van der Waals surface area contributed by atoms with Crippen molar-refractivity contribution in [2.45, 2.75) is 25.7 Å². The Labute approximate surface area is 151 Å². The van der Waals surface area contributed by atoms with Gasteiger partial charge in [0.15, 0.2) is 0 Å². The number of benzene rings is 1. The maximum Gasteiger partial charge on any atom is 0.274 e. The fourth-order valence-corrected chi connectivity index (χ4v) is 3.27. The number of nitrogens with one attached hydrogen (secondary N) is 1. The summed E-state index contributed by atoms with van der Waals surface area (Å²) in [6.45, 7) is 2.10. The highest BCUT2D eigenvalue weighted by Crippen LogP contribution is 2.26. The highest BCUT2D eigenvalue weighted by molar-refractivity contribution is 6.36. The van der Waals surface area contributed by atoms with Crippen molar-refractivity contribution in [3.05, 3.63) is 52.3 Å². The Morgan fingerprint density at radius 1 is 1.04 bits per heavy atom. The van der Waals surface area contributed by atoms with Gasteiger partial charge < -0.3 is 10.2 Å². The monoisotopic (exact) mass is 363 g/mol. The van der Waals surface area contributed by atoms with Gasteiger partial charge in [-0.2, -0.15) is 0 Å². The van der Waals surface area contributed by atoms with E-state index in [-0.39, 0.29) is 5.91 Å². The molecule has 1 aromatic heterocycles. The summed E-state index contributed by atoms with van der Waals surface area (Å²) in [4.78, 5) is 19.0. The summed E-state index contributed by atoms with van der Waals surface area (Å²) in [7, 11) is 0. The van der Waals surface area contributed by atoms with E-state index in [4.69, 9.17) is 23.2 Å². The number of carbonyl (C=O) groups is 1. The molecule has 0 bridgehead atoms. The maximum absolute atomic E-state index is 12.3. The molecule has 0 saturated carbocycles. The molecule has 1 aliphatic rings. The third-order valence-corrected chi connectivity index (χ3v) is 4.68. The Kier molecular flexibility index (Phi) is 5.59. The number of anilines is 2. The summed E-state index contributed by atoms with van der Waals surface area (Å²) >= 11 is 11.9. The van der Waals surface area contributed by atoms with Crippen LogP contribution in [-0.2, 0) is 0 Å². The maximum atomic E-state index is 12.3. The summed E-state index contributed by atoms with van der Waals surface area (Å²) in [5.41, 5.74) is 1.95. The Morgan fingerprint density at radius 2 is 1.79 bits per heavy atom. The lowest BCUT2D eigenvalue weighted by atomic mass is 10.2. The Balaban J connectivity index is 1.69. The zero-order chi connectivity index (χ0) is 16.9. The lowest BCUT2D eigenvalue weighted by molar-refractivity contribution is 0.102. The SMILES string of the molecule is O=C(Nc1ccc(Cl)cc1Cl)c1ccc(N2CCCCCC2)cn1. The van der Waals surface area contributed by atoms with Crippen molar-refractivity contribution in [3.8, 4) is 0 Å². The summed E-state index contributed by atoms with van der Waals surface area (Å²) in [6, 6.07) is 8.65. The number of hydrogen-bond donors (Lipinski definition) is 1. The van der Waals surface area contributed by atoms with E-state index in [1.54, 1.807) is 30.5 Å². The number of halogens is 2. The van der Waals surface area contributed by atoms with E-state index in [1.807, 2.05) is 6.07 Å². The minimum Gasteiger partial charge on any atom is -0.370 e. The van der Waals surface area contributed by atoms with Crippen LogP contribution in [0, 0.1) is 0 Å². The van der Waals surface area contributed by atoms with Crippen LogP contribution in [0.1, 0.15) is 36.2 Å². The zero-order valence-corrected chi connectivity index (χ0v) is 14.8. The van der Waals surface area contributed by atoms with Crippen molar-refractivity contribution in [1.29, 1.82) is 0 Å². The average Bonchev–Trinajstić information content (AvgIpc) is 2.87. The largest absolute Gasteiger partial charge is 0.370 e. The summed E-state index contributed by atoms with van der Waals surface area (Å²) < 4.78 is 0. The standard InChI is InChI=1S/C18H19Cl2N3O/c19-13-5-7-16(15(20)11-13)22-18(24)17-8-6-14(12-21-17)23-9-3-1-2-4-10-23/h5-8,11-12H,1-4,9-10H2,(H,22,24). The third-order valence-electron chi connectivity index (χ3n) is 4.13. The van der Waals surface area contributed by atoms with E-state index < -0.39 is 0 Å². The van der Waals surface area contributed by atoms with Crippen molar-refractivity contribution < 1.29 is 4.79 Å². The molecule has 0 spiro atoms. The van der Waals surface area contributed by atoms with Gasteiger partial charge in [-0.05, 0) is 43.2 Å². The lowest BCUT2D eigenvalue weighted by Crippen LogP contribution is -2.24. The van der Waals surface area contributed by atoms with Gasteiger partial charge in [-0.3, -0.25) is 4.79 Å². The van der Waals surface area contributed by atoms with Crippen molar-refractivity contribution >= 4 is 40.5 Å². The van der Waals surface area contributed by atoms with Crippen molar-refractivity contribution in [3.63, 3.8) is 0 Å². The minimum atomic E-state index is -0.290. The summed E-state index contributed by atoms with van der Waals surface area (Å²) in [5.74, 6) is -0.290. The number of nitrogens with zero attached hydrogens (tertiary/aromatic N) is 2. The van der Waals surface area contributed by atoms with Crippen LogP contribution in [-0.4, -0.2) is 24.0 Å². The topological polar surface area (TPSA) is 45.2 Å². The van der Waals surface area contributed by atoms with E-state index >= 15 is 0 Å². The first-order valence-corrected chi connectivity index (χ1v) is 8.86. The molecule has 126 valence electrons.